The van der Waals surface area contributed by atoms with Crippen LogP contribution in [-0.4, -0.2) is 92.9 Å². The standard InChI is InChI=1S/C40H41N5O6/c1-27-25-44(26-41-27)35-16-8-30(24-36(35)51-3)23-34-5-4-18-45(39(34)48)28(2)31-12-14-33(15-13-31)38(47)32-10-6-29(7-11-32)9-17-37(46)42-19-21-43(22-20-42)40(49)50/h6-17,23-26,28H,4-5,18-22H2,1-3H3,(H,49,50)/b17-9+,34-23+/t28-/m0/s1. The highest BCUT2D eigenvalue weighted by Gasteiger charge is 2.28. The van der Waals surface area contributed by atoms with Gasteiger partial charge in [-0.2, -0.15) is 0 Å². The maximum absolute atomic E-state index is 13.7. The topological polar surface area (TPSA) is 125 Å². The molecule has 2 aliphatic rings. The summed E-state index contributed by atoms with van der Waals surface area (Å²) in [5.41, 5.74) is 6.19. The Morgan fingerprint density at radius 2 is 1.53 bits per heavy atom. The second-order valence-corrected chi connectivity index (χ2v) is 12.8. The third-order valence-electron chi connectivity index (χ3n) is 9.49. The Kier molecular flexibility index (Phi) is 10.5. The van der Waals surface area contributed by atoms with Gasteiger partial charge in [0, 0.05) is 61.7 Å². The molecular formula is C40H41N5O6. The molecule has 0 saturated carbocycles. The highest BCUT2D eigenvalue weighted by atomic mass is 16.5. The van der Waals surface area contributed by atoms with Crippen LogP contribution in [0.4, 0.5) is 4.79 Å². The average molecular weight is 688 g/mol. The van der Waals surface area contributed by atoms with E-state index >= 15 is 0 Å². The van der Waals surface area contributed by atoms with Crippen LogP contribution in [0.25, 0.3) is 17.8 Å². The Balaban J connectivity index is 1.07. The number of carbonyl (C=O) groups is 4. The molecule has 0 aliphatic carbocycles. The largest absolute Gasteiger partial charge is 0.495 e. The number of carboxylic acid groups (broad SMARTS) is 1. The van der Waals surface area contributed by atoms with E-state index in [1.54, 1.807) is 60.8 Å². The van der Waals surface area contributed by atoms with Crippen molar-refractivity contribution in [3.63, 3.8) is 0 Å². The Hall–Kier alpha value is -5.97. The van der Waals surface area contributed by atoms with E-state index in [1.165, 1.54) is 11.0 Å². The van der Waals surface area contributed by atoms with Gasteiger partial charge in [0.05, 0.1) is 30.9 Å². The Labute approximate surface area is 297 Å². The van der Waals surface area contributed by atoms with Crippen LogP contribution < -0.4 is 4.74 Å². The summed E-state index contributed by atoms with van der Waals surface area (Å²) in [7, 11) is 1.63. The lowest BCUT2D eigenvalue weighted by atomic mass is 9.96. The van der Waals surface area contributed by atoms with Crippen LogP contribution in [0.5, 0.6) is 5.75 Å². The predicted octanol–water partition coefficient (Wildman–Crippen LogP) is 6.02. The van der Waals surface area contributed by atoms with E-state index in [-0.39, 0.29) is 23.6 Å². The lowest BCUT2D eigenvalue weighted by Crippen LogP contribution is -2.49. The van der Waals surface area contributed by atoms with Crippen molar-refractivity contribution >= 4 is 35.8 Å². The number of nitrogens with zero attached hydrogens (tertiary/aromatic N) is 5. The Morgan fingerprint density at radius 3 is 2.16 bits per heavy atom. The summed E-state index contributed by atoms with van der Waals surface area (Å²) in [5.74, 6) is 0.385. The van der Waals surface area contributed by atoms with Gasteiger partial charge >= 0.3 is 6.09 Å². The van der Waals surface area contributed by atoms with E-state index in [2.05, 4.69) is 4.98 Å². The van der Waals surface area contributed by atoms with Crippen molar-refractivity contribution in [1.29, 1.82) is 0 Å². The van der Waals surface area contributed by atoms with Gasteiger partial charge in [0.1, 0.15) is 5.75 Å². The molecule has 51 heavy (non-hydrogen) atoms. The van der Waals surface area contributed by atoms with E-state index in [0.717, 1.165) is 40.1 Å². The zero-order valence-electron chi connectivity index (χ0n) is 29.0. The van der Waals surface area contributed by atoms with Crippen molar-refractivity contribution in [1.82, 2.24) is 24.3 Å². The first-order valence-electron chi connectivity index (χ1n) is 17.0. The van der Waals surface area contributed by atoms with Crippen LogP contribution in [0.1, 0.15) is 64.1 Å². The molecule has 1 aromatic heterocycles. The molecule has 0 unspecified atom stereocenters. The normalized spacial score (nSPS) is 16.5. The number of imidazole rings is 1. The summed E-state index contributed by atoms with van der Waals surface area (Å²) < 4.78 is 7.57. The summed E-state index contributed by atoms with van der Waals surface area (Å²) in [4.78, 5) is 59.7. The summed E-state index contributed by atoms with van der Waals surface area (Å²) >= 11 is 0. The summed E-state index contributed by atoms with van der Waals surface area (Å²) in [6.07, 6.45) is 9.35. The fourth-order valence-corrected chi connectivity index (χ4v) is 6.48. The number of carbonyl (C=O) groups excluding carboxylic acids is 3. The molecule has 0 bridgehead atoms. The van der Waals surface area contributed by atoms with Crippen LogP contribution in [0, 0.1) is 6.92 Å². The smallest absolute Gasteiger partial charge is 0.407 e. The number of amides is 3. The first kappa shape index (κ1) is 34.9. The number of likely N-dealkylation sites (tertiary alicyclic amines) is 1. The predicted molar refractivity (Wildman–Crippen MR) is 194 cm³/mol. The van der Waals surface area contributed by atoms with Gasteiger partial charge in [-0.15, -0.1) is 0 Å². The number of hydrogen-bond acceptors (Lipinski definition) is 6. The number of benzene rings is 3. The molecule has 0 radical (unpaired) electrons. The number of aryl methyl sites for hydroxylation is 1. The monoisotopic (exact) mass is 687 g/mol. The number of hydrogen-bond donors (Lipinski definition) is 1. The number of aromatic nitrogens is 2. The summed E-state index contributed by atoms with van der Waals surface area (Å²) in [5, 5.41) is 9.09. The van der Waals surface area contributed by atoms with Crippen molar-refractivity contribution in [2.24, 2.45) is 0 Å². The van der Waals surface area contributed by atoms with E-state index < -0.39 is 6.09 Å². The second-order valence-electron chi connectivity index (χ2n) is 12.8. The SMILES string of the molecule is COc1cc(/C=C2\CCCN([C@@H](C)c3ccc(C(=O)c4ccc(/C=C/C(=O)N5CCN(C(=O)O)CC5)cc4)cc3)C2=O)ccc1-n1cnc(C)c1. The second kappa shape index (κ2) is 15.3. The highest BCUT2D eigenvalue weighted by molar-refractivity contribution is 6.09. The molecule has 11 heteroatoms. The lowest BCUT2D eigenvalue weighted by Gasteiger charge is -2.34. The van der Waals surface area contributed by atoms with E-state index in [0.29, 0.717) is 56.0 Å². The maximum Gasteiger partial charge on any atom is 0.407 e. The quantitative estimate of drug-likeness (QED) is 0.169. The van der Waals surface area contributed by atoms with Crippen LogP contribution >= 0.6 is 0 Å². The van der Waals surface area contributed by atoms with Gasteiger partial charge in [-0.25, -0.2) is 9.78 Å². The van der Waals surface area contributed by atoms with Gasteiger partial charge in [0.15, 0.2) is 5.78 Å². The molecule has 6 rings (SSSR count). The third kappa shape index (κ3) is 7.93. The van der Waals surface area contributed by atoms with Crippen molar-refractivity contribution in [3.8, 4) is 11.4 Å². The molecule has 1 atom stereocenters. The molecule has 3 heterocycles. The van der Waals surface area contributed by atoms with Gasteiger partial charge in [-0.05, 0) is 67.7 Å². The molecule has 2 aliphatic heterocycles. The first-order valence-corrected chi connectivity index (χ1v) is 17.0. The van der Waals surface area contributed by atoms with Crippen molar-refractivity contribution in [2.45, 2.75) is 32.7 Å². The molecule has 11 nitrogen and oxygen atoms in total. The minimum atomic E-state index is -0.975. The van der Waals surface area contributed by atoms with Crippen molar-refractivity contribution in [2.75, 3.05) is 39.8 Å². The minimum absolute atomic E-state index is 0.00113. The molecule has 4 aromatic rings. The number of rotatable bonds is 9. The number of piperidine rings is 1. The fraction of sp³-hybridized carbons (Fsp3) is 0.275. The minimum Gasteiger partial charge on any atom is -0.495 e. The van der Waals surface area contributed by atoms with Crippen molar-refractivity contribution < 1.29 is 29.0 Å². The van der Waals surface area contributed by atoms with Gasteiger partial charge in [0.25, 0.3) is 0 Å². The van der Waals surface area contributed by atoms with Crippen LogP contribution in [-0.2, 0) is 9.59 Å². The molecular weight excluding hydrogens is 646 g/mol. The molecule has 262 valence electrons. The summed E-state index contributed by atoms with van der Waals surface area (Å²) in [6, 6.07) is 20.1. The number of methoxy groups -OCH3 is 1. The molecule has 3 amide bonds. The fourth-order valence-electron chi connectivity index (χ4n) is 6.48. The maximum atomic E-state index is 13.7. The van der Waals surface area contributed by atoms with Crippen LogP contribution in [0.2, 0.25) is 0 Å². The van der Waals surface area contributed by atoms with Crippen molar-refractivity contribution in [3.05, 3.63) is 124 Å². The molecule has 2 saturated heterocycles. The van der Waals surface area contributed by atoms with E-state index in [9.17, 15) is 19.2 Å². The number of ether oxygens (including phenoxy) is 1. The van der Waals surface area contributed by atoms with Gasteiger partial charge in [0.2, 0.25) is 11.8 Å². The highest BCUT2D eigenvalue weighted by Crippen LogP contribution is 2.31. The van der Waals surface area contributed by atoms with Gasteiger partial charge in [-0.3, -0.25) is 14.4 Å². The number of piperazine rings is 1. The average Bonchev–Trinajstić information content (AvgIpc) is 3.60. The molecule has 0 spiro atoms. The zero-order valence-corrected chi connectivity index (χ0v) is 29.0. The zero-order chi connectivity index (χ0) is 36.1. The third-order valence-corrected chi connectivity index (χ3v) is 9.49. The van der Waals surface area contributed by atoms with Crippen LogP contribution in [0.15, 0.2) is 90.9 Å². The van der Waals surface area contributed by atoms with E-state index in [4.69, 9.17) is 9.84 Å². The Morgan fingerprint density at radius 1 is 0.882 bits per heavy atom. The summed E-state index contributed by atoms with van der Waals surface area (Å²) in [6.45, 7) is 5.88. The van der Waals surface area contributed by atoms with E-state index in [1.807, 2.05) is 65.9 Å². The van der Waals surface area contributed by atoms with Gasteiger partial charge < -0.3 is 29.1 Å². The molecule has 3 aromatic carbocycles. The Bertz CT molecular complexity index is 1990. The number of ketones is 1. The molecule has 2 fully saturated rings. The van der Waals surface area contributed by atoms with Crippen LogP contribution in [0.3, 0.4) is 0 Å². The van der Waals surface area contributed by atoms with Gasteiger partial charge in [-0.1, -0.05) is 54.6 Å². The molecule has 1 N–H and O–H groups in total. The first-order chi connectivity index (χ1) is 24.6. The lowest BCUT2D eigenvalue weighted by molar-refractivity contribution is -0.130.